The Kier molecular flexibility index (Phi) is 4.13. The molecule has 2 heteroatoms. The van der Waals surface area contributed by atoms with Crippen molar-refractivity contribution in [1.29, 1.82) is 0 Å². The van der Waals surface area contributed by atoms with Gasteiger partial charge in [0.15, 0.2) is 0 Å². The van der Waals surface area contributed by atoms with Gasteiger partial charge < -0.3 is 5.73 Å². The van der Waals surface area contributed by atoms with E-state index in [1.165, 1.54) is 43.4 Å². The summed E-state index contributed by atoms with van der Waals surface area (Å²) in [6.07, 6.45) is 6.45. The van der Waals surface area contributed by atoms with E-state index in [2.05, 4.69) is 43.0 Å². The van der Waals surface area contributed by atoms with Gasteiger partial charge in [0.25, 0.3) is 0 Å². The lowest BCUT2D eigenvalue weighted by atomic mass is 9.94. The predicted octanol–water partition coefficient (Wildman–Crippen LogP) is 3.83. The predicted molar refractivity (Wildman–Crippen MR) is 84.8 cm³/mol. The first-order valence-electron chi connectivity index (χ1n) is 8.28. The lowest BCUT2D eigenvalue weighted by molar-refractivity contribution is 0.144. The van der Waals surface area contributed by atoms with Crippen LogP contribution in [0.1, 0.15) is 69.0 Å². The molecular formula is C18H28N2. The van der Waals surface area contributed by atoms with Crippen molar-refractivity contribution >= 4 is 0 Å². The summed E-state index contributed by atoms with van der Waals surface area (Å²) in [5.74, 6) is 0.841. The minimum absolute atomic E-state index is 0.270. The molecule has 1 aromatic carbocycles. The molecule has 1 aromatic rings. The van der Waals surface area contributed by atoms with Crippen LogP contribution in [0.25, 0.3) is 0 Å². The van der Waals surface area contributed by atoms with E-state index in [0.29, 0.717) is 12.1 Å². The monoisotopic (exact) mass is 272 g/mol. The van der Waals surface area contributed by atoms with Gasteiger partial charge in [0.1, 0.15) is 0 Å². The van der Waals surface area contributed by atoms with Gasteiger partial charge in [0.05, 0.1) is 6.04 Å². The molecule has 3 rings (SSSR count). The van der Waals surface area contributed by atoms with Crippen molar-refractivity contribution in [3.05, 3.63) is 35.4 Å². The van der Waals surface area contributed by atoms with Gasteiger partial charge in [-0.1, -0.05) is 30.7 Å². The van der Waals surface area contributed by atoms with Crippen molar-refractivity contribution in [3.63, 3.8) is 0 Å². The maximum Gasteiger partial charge on any atom is 0.0501 e. The summed E-state index contributed by atoms with van der Waals surface area (Å²) in [7, 11) is 0. The highest BCUT2D eigenvalue weighted by molar-refractivity contribution is 5.30. The molecule has 2 aliphatic rings. The Morgan fingerprint density at radius 3 is 2.25 bits per heavy atom. The van der Waals surface area contributed by atoms with E-state index in [-0.39, 0.29) is 6.04 Å². The molecule has 0 aromatic heterocycles. The molecule has 1 saturated heterocycles. The van der Waals surface area contributed by atoms with Crippen molar-refractivity contribution < 1.29 is 0 Å². The van der Waals surface area contributed by atoms with Crippen LogP contribution in [0, 0.1) is 0 Å². The number of benzene rings is 1. The standard InChI is InChI=1S/C18H28N2/c1-13(2)20-12-4-3-5-17(19)18(20)16-10-8-15(9-11-16)14-6-7-14/h8-11,13-14,17-18H,3-7,12,19H2,1-2H3. The van der Waals surface area contributed by atoms with E-state index in [1.54, 1.807) is 0 Å². The van der Waals surface area contributed by atoms with Crippen molar-refractivity contribution in [1.82, 2.24) is 4.90 Å². The minimum Gasteiger partial charge on any atom is -0.326 e. The zero-order chi connectivity index (χ0) is 14.1. The van der Waals surface area contributed by atoms with Crippen LogP contribution in [0.2, 0.25) is 0 Å². The van der Waals surface area contributed by atoms with Gasteiger partial charge in [-0.05, 0) is 63.1 Å². The van der Waals surface area contributed by atoms with Crippen LogP contribution < -0.4 is 5.73 Å². The molecule has 20 heavy (non-hydrogen) atoms. The van der Waals surface area contributed by atoms with Gasteiger partial charge in [0.2, 0.25) is 0 Å². The van der Waals surface area contributed by atoms with E-state index in [9.17, 15) is 0 Å². The van der Waals surface area contributed by atoms with Crippen molar-refractivity contribution in [3.8, 4) is 0 Å². The molecule has 0 spiro atoms. The lowest BCUT2D eigenvalue weighted by Crippen LogP contribution is -2.43. The third-order valence-electron chi connectivity index (χ3n) is 4.96. The van der Waals surface area contributed by atoms with E-state index in [0.717, 1.165) is 12.3 Å². The van der Waals surface area contributed by atoms with Gasteiger partial charge in [-0.15, -0.1) is 0 Å². The molecule has 2 atom stereocenters. The van der Waals surface area contributed by atoms with Crippen LogP contribution in [0.3, 0.4) is 0 Å². The summed E-state index contributed by atoms with van der Waals surface area (Å²) in [5.41, 5.74) is 9.44. The highest BCUT2D eigenvalue weighted by atomic mass is 15.2. The van der Waals surface area contributed by atoms with Gasteiger partial charge in [-0.3, -0.25) is 4.90 Å². The number of nitrogens with zero attached hydrogens (tertiary/aromatic N) is 1. The maximum absolute atomic E-state index is 6.51. The first-order chi connectivity index (χ1) is 9.66. The van der Waals surface area contributed by atoms with Gasteiger partial charge in [-0.2, -0.15) is 0 Å². The second-order valence-corrected chi connectivity index (χ2v) is 6.88. The molecule has 1 saturated carbocycles. The van der Waals surface area contributed by atoms with Crippen molar-refractivity contribution in [2.45, 2.75) is 70.0 Å². The molecule has 1 aliphatic carbocycles. The fraction of sp³-hybridized carbons (Fsp3) is 0.667. The van der Waals surface area contributed by atoms with Crippen LogP contribution >= 0.6 is 0 Å². The zero-order valence-electron chi connectivity index (χ0n) is 12.9. The minimum atomic E-state index is 0.270. The van der Waals surface area contributed by atoms with Crippen LogP contribution in [-0.2, 0) is 0 Å². The quantitative estimate of drug-likeness (QED) is 0.906. The molecule has 0 radical (unpaired) electrons. The first kappa shape index (κ1) is 14.1. The topological polar surface area (TPSA) is 29.3 Å². The fourth-order valence-electron chi connectivity index (χ4n) is 3.62. The van der Waals surface area contributed by atoms with E-state index in [4.69, 9.17) is 5.73 Å². The van der Waals surface area contributed by atoms with Gasteiger partial charge >= 0.3 is 0 Å². The summed E-state index contributed by atoms with van der Waals surface area (Å²) in [4.78, 5) is 2.60. The molecule has 0 amide bonds. The van der Waals surface area contributed by atoms with Crippen LogP contribution in [0.15, 0.2) is 24.3 Å². The Balaban J connectivity index is 1.85. The maximum atomic E-state index is 6.51. The third-order valence-corrected chi connectivity index (χ3v) is 4.96. The summed E-state index contributed by atoms with van der Waals surface area (Å²) >= 11 is 0. The highest BCUT2D eigenvalue weighted by Crippen LogP contribution is 2.40. The molecule has 110 valence electrons. The van der Waals surface area contributed by atoms with Crippen molar-refractivity contribution in [2.24, 2.45) is 5.73 Å². The largest absolute Gasteiger partial charge is 0.326 e. The summed E-state index contributed by atoms with van der Waals surface area (Å²) in [6, 6.07) is 10.6. The van der Waals surface area contributed by atoms with Crippen LogP contribution in [-0.4, -0.2) is 23.5 Å². The molecule has 1 heterocycles. The molecular weight excluding hydrogens is 244 g/mol. The average Bonchev–Trinajstić information content (AvgIpc) is 3.26. The van der Waals surface area contributed by atoms with Crippen LogP contribution in [0.4, 0.5) is 0 Å². The zero-order valence-corrected chi connectivity index (χ0v) is 12.9. The number of likely N-dealkylation sites (tertiary alicyclic amines) is 1. The molecule has 1 aliphatic heterocycles. The Hall–Kier alpha value is -0.860. The molecule has 2 nitrogen and oxygen atoms in total. The van der Waals surface area contributed by atoms with Gasteiger partial charge in [-0.25, -0.2) is 0 Å². The van der Waals surface area contributed by atoms with Crippen LogP contribution in [0.5, 0.6) is 0 Å². The number of nitrogens with two attached hydrogens (primary N) is 1. The number of rotatable bonds is 3. The Labute approximate surface area is 123 Å². The molecule has 2 N–H and O–H groups in total. The molecule has 0 bridgehead atoms. The Morgan fingerprint density at radius 1 is 1.00 bits per heavy atom. The lowest BCUT2D eigenvalue weighted by Gasteiger charge is -2.36. The second kappa shape index (κ2) is 5.87. The third kappa shape index (κ3) is 2.91. The fourth-order valence-corrected chi connectivity index (χ4v) is 3.62. The average molecular weight is 272 g/mol. The van der Waals surface area contributed by atoms with Gasteiger partial charge in [0, 0.05) is 12.1 Å². The second-order valence-electron chi connectivity index (χ2n) is 6.88. The number of hydrogen-bond acceptors (Lipinski definition) is 2. The molecule has 2 fully saturated rings. The van der Waals surface area contributed by atoms with E-state index in [1.807, 2.05) is 0 Å². The summed E-state index contributed by atoms with van der Waals surface area (Å²) in [5, 5.41) is 0. The molecule has 2 unspecified atom stereocenters. The normalized spacial score (nSPS) is 28.6. The van der Waals surface area contributed by atoms with E-state index >= 15 is 0 Å². The SMILES string of the molecule is CC(C)N1CCCCC(N)C1c1ccc(C2CC2)cc1. The first-order valence-corrected chi connectivity index (χ1v) is 8.28. The summed E-state index contributed by atoms with van der Waals surface area (Å²) in [6.45, 7) is 5.77. The number of hydrogen-bond donors (Lipinski definition) is 1. The smallest absolute Gasteiger partial charge is 0.0501 e. The van der Waals surface area contributed by atoms with E-state index < -0.39 is 0 Å². The van der Waals surface area contributed by atoms with Crippen molar-refractivity contribution in [2.75, 3.05) is 6.54 Å². The Bertz CT molecular complexity index is 433. The summed E-state index contributed by atoms with van der Waals surface area (Å²) < 4.78 is 0. The highest BCUT2D eigenvalue weighted by Gasteiger charge is 2.30. The Morgan fingerprint density at radius 2 is 1.65 bits per heavy atom.